The smallest absolute Gasteiger partial charge is 0.274 e. The van der Waals surface area contributed by atoms with Crippen LogP contribution < -0.4 is 5.32 Å². The van der Waals surface area contributed by atoms with Gasteiger partial charge in [0.15, 0.2) is 0 Å². The molecule has 1 aromatic carbocycles. The van der Waals surface area contributed by atoms with Gasteiger partial charge in [0.05, 0.1) is 0 Å². The van der Waals surface area contributed by atoms with Gasteiger partial charge in [-0.15, -0.1) is 0 Å². The molecule has 0 unspecified atom stereocenters. The van der Waals surface area contributed by atoms with E-state index in [4.69, 9.17) is 0 Å². The number of carbonyl (C=O) groups is 1. The third-order valence-electron chi connectivity index (χ3n) is 3.88. The van der Waals surface area contributed by atoms with Crippen LogP contribution in [0.5, 0.6) is 0 Å². The summed E-state index contributed by atoms with van der Waals surface area (Å²) < 4.78 is 14.0. The second-order valence-corrected chi connectivity index (χ2v) is 6.51. The molecule has 0 fully saturated rings. The molecule has 0 radical (unpaired) electrons. The molecule has 0 bridgehead atoms. The molecular formula is C18H20BrFN2O. The van der Waals surface area contributed by atoms with Crippen LogP contribution in [-0.4, -0.2) is 10.9 Å². The third kappa shape index (κ3) is 4.38. The summed E-state index contributed by atoms with van der Waals surface area (Å²) in [6.45, 7) is 6.06. The van der Waals surface area contributed by atoms with Gasteiger partial charge in [0.25, 0.3) is 5.91 Å². The molecule has 0 saturated carbocycles. The maximum Gasteiger partial charge on any atom is 0.274 e. The Kier molecular flexibility index (Phi) is 5.88. The van der Waals surface area contributed by atoms with Crippen molar-refractivity contribution in [1.29, 1.82) is 0 Å². The largest absolute Gasteiger partial charge is 0.321 e. The summed E-state index contributed by atoms with van der Waals surface area (Å²) >= 11 is 3.21. The molecule has 0 saturated heterocycles. The second kappa shape index (κ2) is 7.68. The highest BCUT2D eigenvalue weighted by Crippen LogP contribution is 2.21. The number of aryl methyl sites for hydroxylation is 1. The molecule has 0 aliphatic rings. The zero-order valence-electron chi connectivity index (χ0n) is 13.5. The minimum atomic E-state index is -0.412. The van der Waals surface area contributed by atoms with Gasteiger partial charge in [0.2, 0.25) is 0 Å². The highest BCUT2D eigenvalue weighted by molar-refractivity contribution is 9.10. The number of aromatic nitrogens is 1. The normalized spacial score (nSPS) is 10.7. The highest BCUT2D eigenvalue weighted by atomic mass is 79.9. The second-order valence-electron chi connectivity index (χ2n) is 5.60. The van der Waals surface area contributed by atoms with Crippen molar-refractivity contribution in [2.75, 3.05) is 5.32 Å². The van der Waals surface area contributed by atoms with Crippen LogP contribution in [0.3, 0.4) is 0 Å². The number of nitrogens with zero attached hydrogens (tertiary/aromatic N) is 1. The molecule has 5 heteroatoms. The summed E-state index contributed by atoms with van der Waals surface area (Å²) in [5.41, 5.74) is 3.92. The third-order valence-corrected chi connectivity index (χ3v) is 4.34. The first-order chi connectivity index (χ1) is 10.9. The van der Waals surface area contributed by atoms with Gasteiger partial charge in [0.1, 0.15) is 11.5 Å². The number of carbonyl (C=O) groups excluding carboxylic acids is 1. The SMILES string of the molecule is CCCCc1cnc(C(=O)Nc2cc(F)cc(Br)c2)c(C)c1C. The van der Waals surface area contributed by atoms with Crippen molar-refractivity contribution in [3.8, 4) is 0 Å². The zero-order chi connectivity index (χ0) is 17.0. The standard InChI is InChI=1S/C18H20BrFN2O/c1-4-5-6-13-10-21-17(12(3)11(13)2)18(23)22-16-8-14(19)7-15(20)9-16/h7-10H,4-6H2,1-3H3,(H,22,23). The van der Waals surface area contributed by atoms with E-state index < -0.39 is 5.82 Å². The van der Waals surface area contributed by atoms with Crippen LogP contribution in [0, 0.1) is 19.7 Å². The van der Waals surface area contributed by atoms with Crippen molar-refractivity contribution in [1.82, 2.24) is 4.98 Å². The van der Waals surface area contributed by atoms with Gasteiger partial charge in [-0.3, -0.25) is 9.78 Å². The van der Waals surface area contributed by atoms with Gasteiger partial charge >= 0.3 is 0 Å². The minimum absolute atomic E-state index is 0.329. The predicted molar refractivity (Wildman–Crippen MR) is 94.4 cm³/mol. The molecule has 1 N–H and O–H groups in total. The fraction of sp³-hybridized carbons (Fsp3) is 0.333. The van der Waals surface area contributed by atoms with Crippen molar-refractivity contribution in [3.63, 3.8) is 0 Å². The summed E-state index contributed by atoms with van der Waals surface area (Å²) in [6.07, 6.45) is 4.96. The Morgan fingerprint density at radius 3 is 2.65 bits per heavy atom. The molecule has 0 aliphatic heterocycles. The highest BCUT2D eigenvalue weighted by Gasteiger charge is 2.15. The van der Waals surface area contributed by atoms with Crippen molar-refractivity contribution in [2.24, 2.45) is 0 Å². The summed E-state index contributed by atoms with van der Waals surface area (Å²) in [4.78, 5) is 16.7. The lowest BCUT2D eigenvalue weighted by molar-refractivity contribution is 0.102. The number of anilines is 1. The number of halogens is 2. The zero-order valence-corrected chi connectivity index (χ0v) is 15.1. The first-order valence-corrected chi connectivity index (χ1v) is 8.44. The quantitative estimate of drug-likeness (QED) is 0.776. The number of unbranched alkanes of at least 4 members (excludes halogenated alkanes) is 1. The van der Waals surface area contributed by atoms with Crippen LogP contribution in [0.2, 0.25) is 0 Å². The molecular weight excluding hydrogens is 359 g/mol. The fourth-order valence-electron chi connectivity index (χ4n) is 2.42. The maximum atomic E-state index is 13.4. The molecule has 2 aromatic rings. The van der Waals surface area contributed by atoms with E-state index in [2.05, 4.69) is 33.2 Å². The maximum absolute atomic E-state index is 13.4. The van der Waals surface area contributed by atoms with Crippen molar-refractivity contribution < 1.29 is 9.18 Å². The van der Waals surface area contributed by atoms with E-state index in [-0.39, 0.29) is 5.91 Å². The number of pyridine rings is 1. The Morgan fingerprint density at radius 1 is 1.26 bits per heavy atom. The van der Waals surface area contributed by atoms with Crippen LogP contribution >= 0.6 is 15.9 Å². The molecule has 1 heterocycles. The molecule has 2 rings (SSSR count). The number of hydrogen-bond acceptors (Lipinski definition) is 2. The van der Waals surface area contributed by atoms with Gasteiger partial charge in [-0.2, -0.15) is 0 Å². The lowest BCUT2D eigenvalue weighted by atomic mass is 9.99. The van der Waals surface area contributed by atoms with E-state index in [1.54, 1.807) is 12.3 Å². The summed E-state index contributed by atoms with van der Waals surface area (Å²) in [7, 11) is 0. The lowest BCUT2D eigenvalue weighted by Gasteiger charge is -2.13. The van der Waals surface area contributed by atoms with E-state index in [0.717, 1.165) is 30.4 Å². The average Bonchev–Trinajstić information content (AvgIpc) is 2.47. The lowest BCUT2D eigenvalue weighted by Crippen LogP contribution is -2.16. The monoisotopic (exact) mass is 378 g/mol. The summed E-state index contributed by atoms with van der Waals surface area (Å²) in [6, 6.07) is 4.27. The van der Waals surface area contributed by atoms with Gasteiger partial charge in [-0.1, -0.05) is 29.3 Å². The molecule has 0 aliphatic carbocycles. The van der Waals surface area contributed by atoms with Gasteiger partial charge < -0.3 is 5.32 Å². The molecule has 1 aromatic heterocycles. The fourth-order valence-corrected chi connectivity index (χ4v) is 2.88. The van der Waals surface area contributed by atoms with E-state index in [9.17, 15) is 9.18 Å². The Bertz CT molecular complexity index is 711. The van der Waals surface area contributed by atoms with Gasteiger partial charge in [0, 0.05) is 16.4 Å². The number of rotatable bonds is 5. The van der Waals surface area contributed by atoms with Crippen LogP contribution in [0.25, 0.3) is 0 Å². The molecule has 23 heavy (non-hydrogen) atoms. The Balaban J connectivity index is 2.24. The first kappa shape index (κ1) is 17.6. The Morgan fingerprint density at radius 2 is 2.00 bits per heavy atom. The first-order valence-electron chi connectivity index (χ1n) is 7.65. The van der Waals surface area contributed by atoms with Crippen LogP contribution in [0.1, 0.15) is 46.9 Å². The van der Waals surface area contributed by atoms with Crippen molar-refractivity contribution in [3.05, 3.63) is 57.1 Å². The van der Waals surface area contributed by atoms with Crippen LogP contribution in [0.4, 0.5) is 10.1 Å². The van der Waals surface area contributed by atoms with Gasteiger partial charge in [-0.25, -0.2) is 4.39 Å². The predicted octanol–water partition coefficient (Wildman–Crippen LogP) is 5.19. The molecule has 1 amide bonds. The van der Waals surface area contributed by atoms with Crippen molar-refractivity contribution in [2.45, 2.75) is 40.0 Å². The number of amides is 1. The van der Waals surface area contributed by atoms with Crippen LogP contribution in [-0.2, 0) is 6.42 Å². The molecule has 0 spiro atoms. The van der Waals surface area contributed by atoms with E-state index >= 15 is 0 Å². The number of benzene rings is 1. The number of nitrogens with one attached hydrogen (secondary N) is 1. The number of hydrogen-bond donors (Lipinski definition) is 1. The van der Waals surface area contributed by atoms with E-state index in [1.807, 2.05) is 13.8 Å². The molecule has 122 valence electrons. The topological polar surface area (TPSA) is 42.0 Å². The molecule has 3 nitrogen and oxygen atoms in total. The van der Waals surface area contributed by atoms with Crippen molar-refractivity contribution >= 4 is 27.5 Å². The van der Waals surface area contributed by atoms with Crippen LogP contribution in [0.15, 0.2) is 28.9 Å². The molecule has 0 atom stereocenters. The minimum Gasteiger partial charge on any atom is -0.321 e. The van der Waals surface area contributed by atoms with E-state index in [0.29, 0.717) is 15.9 Å². The van der Waals surface area contributed by atoms with Gasteiger partial charge in [-0.05, 0) is 61.6 Å². The van der Waals surface area contributed by atoms with E-state index in [1.165, 1.54) is 17.7 Å². The Hall–Kier alpha value is -1.75. The average molecular weight is 379 g/mol. The Labute approximate surface area is 144 Å². The summed E-state index contributed by atoms with van der Waals surface area (Å²) in [5.74, 6) is -0.740. The summed E-state index contributed by atoms with van der Waals surface area (Å²) in [5, 5.41) is 2.70.